The van der Waals surface area contributed by atoms with Crippen molar-refractivity contribution in [3.05, 3.63) is 87.3 Å². The van der Waals surface area contributed by atoms with Crippen molar-refractivity contribution in [2.75, 3.05) is 11.1 Å². The van der Waals surface area contributed by atoms with Crippen LogP contribution in [0, 0.1) is 17.1 Å². The predicted octanol–water partition coefficient (Wildman–Crippen LogP) is 4.25. The van der Waals surface area contributed by atoms with Crippen LogP contribution in [0.2, 0.25) is 0 Å². The van der Waals surface area contributed by atoms with Crippen LogP contribution in [0.5, 0.6) is 0 Å². The molecule has 6 nitrogen and oxygen atoms in total. The van der Waals surface area contributed by atoms with E-state index in [0.717, 1.165) is 17.3 Å². The van der Waals surface area contributed by atoms with E-state index in [-0.39, 0.29) is 29.6 Å². The molecule has 0 aliphatic rings. The third-order valence-corrected chi connectivity index (χ3v) is 6.26. The highest BCUT2D eigenvalue weighted by molar-refractivity contribution is 7.99. The highest BCUT2D eigenvalue weighted by Crippen LogP contribution is 2.24. The largest absolute Gasteiger partial charge is 0.316 e. The Hall–Kier alpha value is -3.48. The lowest BCUT2D eigenvalue weighted by atomic mass is 10.2. The molecule has 2 aromatic carbocycles. The van der Waals surface area contributed by atoms with Crippen molar-refractivity contribution in [1.82, 2.24) is 9.55 Å². The average Bonchev–Trinajstić information content (AvgIpc) is 3.23. The van der Waals surface area contributed by atoms with E-state index in [1.807, 2.05) is 6.07 Å². The second-order valence-electron chi connectivity index (χ2n) is 6.54. The predicted molar refractivity (Wildman–Crippen MR) is 120 cm³/mol. The lowest BCUT2D eigenvalue weighted by Crippen LogP contribution is -2.25. The third kappa shape index (κ3) is 4.66. The van der Waals surface area contributed by atoms with E-state index in [0.29, 0.717) is 26.6 Å². The summed E-state index contributed by atoms with van der Waals surface area (Å²) < 4.78 is 14.7. The van der Waals surface area contributed by atoms with E-state index < -0.39 is 0 Å². The van der Waals surface area contributed by atoms with Crippen LogP contribution in [-0.4, -0.2) is 21.2 Å². The minimum atomic E-state index is -0.357. The molecule has 0 spiro atoms. The van der Waals surface area contributed by atoms with Crippen LogP contribution in [0.15, 0.2) is 69.9 Å². The molecule has 0 fully saturated rings. The fourth-order valence-corrected chi connectivity index (χ4v) is 4.51. The molecule has 31 heavy (non-hydrogen) atoms. The van der Waals surface area contributed by atoms with Gasteiger partial charge in [-0.15, -0.1) is 11.3 Å². The molecule has 0 radical (unpaired) electrons. The number of halogens is 1. The maximum atomic E-state index is 13.3. The summed E-state index contributed by atoms with van der Waals surface area (Å²) in [5.74, 6) is -0.652. The number of nitrogens with zero attached hydrogens (tertiary/aromatic N) is 3. The lowest BCUT2D eigenvalue weighted by Gasteiger charge is -2.13. The average molecular weight is 451 g/mol. The molecule has 1 N–H and O–H groups in total. The van der Waals surface area contributed by atoms with Crippen molar-refractivity contribution in [3.63, 3.8) is 0 Å². The van der Waals surface area contributed by atoms with Gasteiger partial charge in [0.2, 0.25) is 5.91 Å². The molecule has 9 heteroatoms. The molecule has 4 aromatic rings. The van der Waals surface area contributed by atoms with E-state index in [1.165, 1.54) is 28.0 Å². The van der Waals surface area contributed by atoms with Crippen molar-refractivity contribution in [3.8, 4) is 6.07 Å². The van der Waals surface area contributed by atoms with Crippen molar-refractivity contribution in [2.24, 2.45) is 0 Å². The standard InChI is InChI=1S/C22H15FN4O2S2/c23-16-7-5-14(6-8-16)12-27-21(29)17-3-1-2-4-18(17)25-22(27)31-13-19(28)26-20-15(11-24)9-10-30-20/h1-10H,12-13H2,(H,26,28). The highest BCUT2D eigenvalue weighted by atomic mass is 32.2. The number of benzene rings is 2. The van der Waals surface area contributed by atoms with E-state index in [9.17, 15) is 14.0 Å². The molecule has 0 saturated carbocycles. The van der Waals surface area contributed by atoms with Gasteiger partial charge in [0.15, 0.2) is 5.16 Å². The van der Waals surface area contributed by atoms with Gasteiger partial charge in [0.25, 0.3) is 5.56 Å². The fourth-order valence-electron chi connectivity index (χ4n) is 2.96. The van der Waals surface area contributed by atoms with Crippen LogP contribution in [0.1, 0.15) is 11.1 Å². The first-order valence-corrected chi connectivity index (χ1v) is 11.1. The molecule has 0 atom stereocenters. The van der Waals surface area contributed by atoms with E-state index in [4.69, 9.17) is 5.26 Å². The van der Waals surface area contributed by atoms with Crippen LogP contribution in [0.3, 0.4) is 0 Å². The van der Waals surface area contributed by atoms with Gasteiger partial charge in [0.05, 0.1) is 28.8 Å². The van der Waals surface area contributed by atoms with Gasteiger partial charge >= 0.3 is 0 Å². The number of thioether (sulfide) groups is 1. The minimum absolute atomic E-state index is 0.0109. The van der Waals surface area contributed by atoms with Crippen molar-refractivity contribution in [2.45, 2.75) is 11.7 Å². The molecule has 1 amide bonds. The number of nitrogens with one attached hydrogen (secondary N) is 1. The zero-order valence-corrected chi connectivity index (χ0v) is 17.7. The van der Waals surface area contributed by atoms with Gasteiger partial charge in [-0.2, -0.15) is 5.26 Å². The SMILES string of the molecule is N#Cc1ccsc1NC(=O)CSc1nc2ccccc2c(=O)n1Cc1ccc(F)cc1. The van der Waals surface area contributed by atoms with E-state index in [1.54, 1.807) is 47.8 Å². The van der Waals surface area contributed by atoms with Gasteiger partial charge in [-0.25, -0.2) is 9.37 Å². The molecule has 0 aliphatic heterocycles. The second-order valence-corrected chi connectivity index (χ2v) is 8.40. The molecule has 4 rings (SSSR count). The smallest absolute Gasteiger partial charge is 0.262 e. The second kappa shape index (κ2) is 9.12. The van der Waals surface area contributed by atoms with Gasteiger partial charge in [-0.3, -0.25) is 14.2 Å². The Balaban J connectivity index is 1.62. The van der Waals surface area contributed by atoms with Crippen molar-refractivity contribution in [1.29, 1.82) is 5.26 Å². The zero-order chi connectivity index (χ0) is 21.8. The molecule has 0 bridgehead atoms. The van der Waals surface area contributed by atoms with Crippen LogP contribution in [0.4, 0.5) is 9.39 Å². The zero-order valence-electron chi connectivity index (χ0n) is 16.0. The summed E-state index contributed by atoms with van der Waals surface area (Å²) in [5.41, 5.74) is 1.45. The number of anilines is 1. The van der Waals surface area contributed by atoms with Crippen LogP contribution < -0.4 is 10.9 Å². The Morgan fingerprint density at radius 2 is 1.97 bits per heavy atom. The van der Waals surface area contributed by atoms with Gasteiger partial charge in [0, 0.05) is 0 Å². The number of hydrogen-bond donors (Lipinski definition) is 1. The highest BCUT2D eigenvalue weighted by Gasteiger charge is 2.15. The quantitative estimate of drug-likeness (QED) is 0.351. The van der Waals surface area contributed by atoms with Crippen LogP contribution in [0.25, 0.3) is 10.9 Å². The molecule has 2 aromatic heterocycles. The summed E-state index contributed by atoms with van der Waals surface area (Å²) >= 11 is 2.40. The number of carbonyl (C=O) groups excluding carboxylic acids is 1. The Kier molecular flexibility index (Phi) is 6.11. The molecule has 0 aliphatic carbocycles. The third-order valence-electron chi connectivity index (χ3n) is 4.45. The van der Waals surface area contributed by atoms with Crippen LogP contribution in [-0.2, 0) is 11.3 Å². The summed E-state index contributed by atoms with van der Waals surface area (Å²) in [6, 6.07) is 16.6. The first-order valence-electron chi connectivity index (χ1n) is 9.19. The molecule has 0 saturated heterocycles. The van der Waals surface area contributed by atoms with Crippen molar-refractivity contribution >= 4 is 44.9 Å². The summed E-state index contributed by atoms with van der Waals surface area (Å²) in [7, 11) is 0. The molecule has 154 valence electrons. The lowest BCUT2D eigenvalue weighted by molar-refractivity contribution is -0.113. The number of amides is 1. The number of aromatic nitrogens is 2. The molecule has 0 unspecified atom stereocenters. The first kappa shape index (κ1) is 20.8. The normalized spacial score (nSPS) is 10.7. The Morgan fingerprint density at radius 1 is 1.19 bits per heavy atom. The number of para-hydroxylation sites is 1. The van der Waals surface area contributed by atoms with Gasteiger partial charge < -0.3 is 5.32 Å². The first-order chi connectivity index (χ1) is 15.0. The van der Waals surface area contributed by atoms with E-state index in [2.05, 4.69) is 10.3 Å². The van der Waals surface area contributed by atoms with Gasteiger partial charge in [-0.1, -0.05) is 36.0 Å². The Morgan fingerprint density at radius 3 is 2.74 bits per heavy atom. The molecule has 2 heterocycles. The van der Waals surface area contributed by atoms with Gasteiger partial charge in [-0.05, 0) is 41.3 Å². The number of rotatable bonds is 6. The number of nitriles is 1. The van der Waals surface area contributed by atoms with Gasteiger partial charge in [0.1, 0.15) is 16.9 Å². The summed E-state index contributed by atoms with van der Waals surface area (Å²) in [5, 5.41) is 14.9. The maximum absolute atomic E-state index is 13.3. The molecular weight excluding hydrogens is 435 g/mol. The number of fused-ring (bicyclic) bond motifs is 1. The Labute approximate surface area is 185 Å². The number of carbonyl (C=O) groups is 1. The number of thiophene rings is 1. The van der Waals surface area contributed by atoms with Crippen molar-refractivity contribution < 1.29 is 9.18 Å². The molecular formula is C22H15FN4O2S2. The van der Waals surface area contributed by atoms with E-state index >= 15 is 0 Å². The van der Waals surface area contributed by atoms with Crippen LogP contribution >= 0.6 is 23.1 Å². The minimum Gasteiger partial charge on any atom is -0.316 e. The Bertz CT molecular complexity index is 1360. The fraction of sp³-hybridized carbons (Fsp3) is 0.0909. The monoisotopic (exact) mass is 450 g/mol. The summed E-state index contributed by atoms with van der Waals surface area (Å²) in [6.45, 7) is 0.199. The summed E-state index contributed by atoms with van der Waals surface area (Å²) in [4.78, 5) is 30.1. The maximum Gasteiger partial charge on any atom is 0.262 e. The number of hydrogen-bond acceptors (Lipinski definition) is 6. The summed E-state index contributed by atoms with van der Waals surface area (Å²) in [6.07, 6.45) is 0. The topological polar surface area (TPSA) is 87.8 Å².